The van der Waals surface area contributed by atoms with E-state index in [9.17, 15) is 0 Å². The molecule has 0 radical (unpaired) electrons. The van der Waals surface area contributed by atoms with E-state index in [4.69, 9.17) is 9.97 Å². The zero-order chi connectivity index (χ0) is 36.3. The fourth-order valence-electron chi connectivity index (χ4n) is 8.13. The van der Waals surface area contributed by atoms with Crippen LogP contribution in [-0.2, 0) is 0 Å². The number of nitrogens with zero attached hydrogens (tertiary/aromatic N) is 2. The Bertz CT molecular complexity index is 3230. The van der Waals surface area contributed by atoms with E-state index in [-0.39, 0.29) is 0 Å². The van der Waals surface area contributed by atoms with Gasteiger partial charge in [0.25, 0.3) is 0 Å². The van der Waals surface area contributed by atoms with Crippen LogP contribution in [0.25, 0.3) is 109 Å². The van der Waals surface area contributed by atoms with E-state index in [1.54, 1.807) is 0 Å². The molecule has 3 heteroatoms. The Morgan fingerprint density at radius 1 is 0.291 bits per heavy atom. The van der Waals surface area contributed by atoms with Gasteiger partial charge in [-0.15, -0.1) is 11.3 Å². The second-order valence-electron chi connectivity index (χ2n) is 14.1. The minimum Gasteiger partial charge on any atom is -0.228 e. The summed E-state index contributed by atoms with van der Waals surface area (Å²) in [4.78, 5) is 10.7. The van der Waals surface area contributed by atoms with Gasteiger partial charge in [0.15, 0.2) is 5.82 Å². The number of hydrogen-bond donors (Lipinski definition) is 0. The molecule has 2 heterocycles. The second kappa shape index (κ2) is 12.9. The van der Waals surface area contributed by atoms with Crippen LogP contribution in [0.5, 0.6) is 0 Å². The molecule has 0 aliphatic rings. The first-order chi connectivity index (χ1) is 27.2. The average Bonchev–Trinajstić information content (AvgIpc) is 3.64. The van der Waals surface area contributed by atoms with Crippen molar-refractivity contribution >= 4 is 63.8 Å². The summed E-state index contributed by atoms with van der Waals surface area (Å²) in [5, 5.41) is 9.85. The molecule has 2 nitrogen and oxygen atoms in total. The van der Waals surface area contributed by atoms with Gasteiger partial charge in [-0.25, -0.2) is 9.97 Å². The van der Waals surface area contributed by atoms with Gasteiger partial charge in [-0.1, -0.05) is 164 Å². The van der Waals surface area contributed by atoms with Crippen LogP contribution in [0.4, 0.5) is 0 Å². The van der Waals surface area contributed by atoms with Crippen LogP contribution in [0, 0.1) is 0 Å². The van der Waals surface area contributed by atoms with Gasteiger partial charge in [-0.3, -0.25) is 0 Å². The van der Waals surface area contributed by atoms with E-state index in [1.807, 2.05) is 11.3 Å². The monoisotopic (exact) mass is 716 g/mol. The van der Waals surface area contributed by atoms with Crippen molar-refractivity contribution in [3.05, 3.63) is 194 Å². The van der Waals surface area contributed by atoms with Crippen LogP contribution in [0.2, 0.25) is 0 Å². The lowest BCUT2D eigenvalue weighted by atomic mass is 9.91. The van der Waals surface area contributed by atoms with Crippen molar-refractivity contribution in [3.63, 3.8) is 0 Å². The molecule has 0 spiro atoms. The van der Waals surface area contributed by atoms with Gasteiger partial charge >= 0.3 is 0 Å². The lowest BCUT2D eigenvalue weighted by molar-refractivity contribution is 1.19. The summed E-state index contributed by atoms with van der Waals surface area (Å²) >= 11 is 1.85. The molecule has 2 aromatic heterocycles. The average molecular weight is 717 g/mol. The molecule has 0 N–H and O–H groups in total. The highest BCUT2D eigenvalue weighted by atomic mass is 32.1. The highest BCUT2D eigenvalue weighted by Crippen LogP contribution is 2.41. The molecule has 0 bridgehead atoms. The number of thiophene rings is 1. The van der Waals surface area contributed by atoms with Crippen molar-refractivity contribution in [2.45, 2.75) is 0 Å². The molecule has 256 valence electrons. The number of aromatic nitrogens is 2. The van der Waals surface area contributed by atoms with Gasteiger partial charge in [-0.05, 0) is 84.9 Å². The number of hydrogen-bond acceptors (Lipinski definition) is 3. The summed E-state index contributed by atoms with van der Waals surface area (Å²) in [5.74, 6) is 0.702. The fraction of sp³-hybridized carbons (Fsp3) is 0. The van der Waals surface area contributed by atoms with Gasteiger partial charge in [0.2, 0.25) is 0 Å². The second-order valence-corrected chi connectivity index (χ2v) is 15.2. The third-order valence-corrected chi connectivity index (χ3v) is 12.0. The Hall–Kier alpha value is -6.94. The summed E-state index contributed by atoms with van der Waals surface area (Å²) in [7, 11) is 0. The normalized spacial score (nSPS) is 11.6. The molecule has 0 fully saturated rings. The van der Waals surface area contributed by atoms with E-state index in [0.29, 0.717) is 5.82 Å². The maximum Gasteiger partial charge on any atom is 0.160 e. The summed E-state index contributed by atoms with van der Waals surface area (Å²) < 4.78 is 2.63. The third kappa shape index (κ3) is 5.48. The first kappa shape index (κ1) is 31.6. The van der Waals surface area contributed by atoms with Gasteiger partial charge < -0.3 is 0 Å². The standard InChI is InChI=1S/C52H32N2S/c1-2-10-33(11-3-1)34-20-24-38(25-21-34)52-53-47(37-22-18-35(19-23-37)39-27-29-50-46(30-39)43-16-8-9-17-49(43)55-50)32-48(54-52)51-42-15-7-5-13-40(42)31-45-41-14-6-4-12-36(41)26-28-44(45)51/h1-32H. The summed E-state index contributed by atoms with van der Waals surface area (Å²) in [5.41, 5.74) is 9.68. The molecule has 55 heavy (non-hydrogen) atoms. The molecule has 0 unspecified atom stereocenters. The van der Waals surface area contributed by atoms with Crippen LogP contribution < -0.4 is 0 Å². The van der Waals surface area contributed by atoms with Crippen LogP contribution in [0.1, 0.15) is 0 Å². The first-order valence-corrected chi connectivity index (χ1v) is 19.5. The topological polar surface area (TPSA) is 25.8 Å². The van der Waals surface area contributed by atoms with Crippen molar-refractivity contribution in [2.24, 2.45) is 0 Å². The van der Waals surface area contributed by atoms with E-state index in [0.717, 1.165) is 33.6 Å². The smallest absolute Gasteiger partial charge is 0.160 e. The summed E-state index contributed by atoms with van der Waals surface area (Å²) in [6.07, 6.45) is 0. The van der Waals surface area contributed by atoms with E-state index in [1.165, 1.54) is 69.2 Å². The van der Waals surface area contributed by atoms with Gasteiger partial charge in [0.05, 0.1) is 11.4 Å². The molecule has 9 aromatic carbocycles. The van der Waals surface area contributed by atoms with Gasteiger partial charge in [0.1, 0.15) is 0 Å². The number of rotatable bonds is 5. The minimum atomic E-state index is 0.702. The highest BCUT2D eigenvalue weighted by molar-refractivity contribution is 7.25. The molecule has 0 amide bonds. The van der Waals surface area contributed by atoms with E-state index in [2.05, 4.69) is 194 Å². The predicted molar refractivity (Wildman–Crippen MR) is 235 cm³/mol. The SMILES string of the molecule is c1ccc(-c2ccc(-c3nc(-c4ccc(-c5ccc6sc7ccccc7c6c5)cc4)cc(-c4c5ccccc5cc5c4ccc4ccccc45)n3)cc2)cc1. The molecule has 0 aliphatic carbocycles. The maximum absolute atomic E-state index is 5.39. The third-order valence-electron chi connectivity index (χ3n) is 10.9. The van der Waals surface area contributed by atoms with Crippen molar-refractivity contribution < 1.29 is 0 Å². The largest absolute Gasteiger partial charge is 0.228 e. The molecule has 11 aromatic rings. The zero-order valence-electron chi connectivity index (χ0n) is 29.8. The molecular formula is C52H32N2S. The lowest BCUT2D eigenvalue weighted by Gasteiger charge is -2.15. The van der Waals surface area contributed by atoms with Crippen LogP contribution in [-0.4, -0.2) is 9.97 Å². The fourth-order valence-corrected chi connectivity index (χ4v) is 9.22. The number of fused-ring (bicyclic) bond motifs is 7. The molecule has 0 saturated heterocycles. The van der Waals surface area contributed by atoms with Gasteiger partial charge in [0, 0.05) is 36.9 Å². The zero-order valence-corrected chi connectivity index (χ0v) is 30.6. The molecule has 0 atom stereocenters. The maximum atomic E-state index is 5.39. The van der Waals surface area contributed by atoms with Crippen molar-refractivity contribution in [1.29, 1.82) is 0 Å². The van der Waals surface area contributed by atoms with Crippen LogP contribution in [0.3, 0.4) is 0 Å². The Kier molecular flexibility index (Phi) is 7.39. The van der Waals surface area contributed by atoms with Gasteiger partial charge in [-0.2, -0.15) is 0 Å². The highest BCUT2D eigenvalue weighted by Gasteiger charge is 2.17. The van der Waals surface area contributed by atoms with Crippen LogP contribution >= 0.6 is 11.3 Å². The summed E-state index contributed by atoms with van der Waals surface area (Å²) in [6.45, 7) is 0. The molecule has 0 saturated carbocycles. The number of benzene rings is 9. The Labute approximate surface area is 322 Å². The molecule has 0 aliphatic heterocycles. The van der Waals surface area contributed by atoms with Crippen molar-refractivity contribution in [1.82, 2.24) is 9.97 Å². The minimum absolute atomic E-state index is 0.702. The van der Waals surface area contributed by atoms with Crippen molar-refractivity contribution in [3.8, 4) is 56.2 Å². The molecule has 11 rings (SSSR count). The van der Waals surface area contributed by atoms with Crippen molar-refractivity contribution in [2.75, 3.05) is 0 Å². The molecular weight excluding hydrogens is 685 g/mol. The lowest BCUT2D eigenvalue weighted by Crippen LogP contribution is -1.97. The quantitative estimate of drug-likeness (QED) is 0.131. The Morgan fingerprint density at radius 2 is 0.873 bits per heavy atom. The Morgan fingerprint density at radius 3 is 1.69 bits per heavy atom. The predicted octanol–water partition coefficient (Wildman–Crippen LogP) is 14.6. The van der Waals surface area contributed by atoms with E-state index >= 15 is 0 Å². The first-order valence-electron chi connectivity index (χ1n) is 18.6. The summed E-state index contributed by atoms with van der Waals surface area (Å²) in [6, 6.07) is 69.8. The Balaban J connectivity index is 1.09. The van der Waals surface area contributed by atoms with Crippen LogP contribution in [0.15, 0.2) is 194 Å². The van der Waals surface area contributed by atoms with E-state index < -0.39 is 0 Å².